The summed E-state index contributed by atoms with van der Waals surface area (Å²) in [5.74, 6) is 1.49. The first kappa shape index (κ1) is 16.6. The summed E-state index contributed by atoms with van der Waals surface area (Å²) in [5, 5.41) is 9.48. The van der Waals surface area contributed by atoms with E-state index in [9.17, 15) is 0 Å². The number of hydrogen-bond acceptors (Lipinski definition) is 7. The van der Waals surface area contributed by atoms with Crippen molar-refractivity contribution in [2.75, 3.05) is 24.4 Å². The number of hydrogen-bond donors (Lipinski definition) is 1. The van der Waals surface area contributed by atoms with Crippen LogP contribution in [0.2, 0.25) is 0 Å². The Morgan fingerprint density at radius 1 is 1.00 bits per heavy atom. The quantitative estimate of drug-likeness (QED) is 0.436. The van der Waals surface area contributed by atoms with E-state index in [2.05, 4.69) is 30.6 Å². The summed E-state index contributed by atoms with van der Waals surface area (Å²) < 4.78 is 1.77. The smallest absolute Gasteiger partial charge is 0.168 e. The molecule has 27 heavy (non-hydrogen) atoms. The van der Waals surface area contributed by atoms with Gasteiger partial charge in [0, 0.05) is 25.9 Å². The molecule has 0 spiro atoms. The molecular weight excluding hydrogens is 340 g/mol. The molecule has 4 rings (SSSR count). The van der Waals surface area contributed by atoms with Gasteiger partial charge in [-0.1, -0.05) is 18.2 Å². The van der Waals surface area contributed by atoms with E-state index < -0.39 is 0 Å². The molecule has 3 aromatic heterocycles. The Balaban J connectivity index is 1.57. The van der Waals surface area contributed by atoms with Crippen molar-refractivity contribution >= 4 is 28.9 Å². The van der Waals surface area contributed by atoms with Crippen LogP contribution in [0, 0.1) is 0 Å². The summed E-state index contributed by atoms with van der Waals surface area (Å²) in [6.45, 7) is 0. The maximum Gasteiger partial charge on any atom is 0.168 e. The summed E-state index contributed by atoms with van der Waals surface area (Å²) in [4.78, 5) is 14.9. The lowest BCUT2D eigenvalue weighted by atomic mass is 10.3. The Hall–Kier alpha value is -3.81. The fourth-order valence-electron chi connectivity index (χ4n) is 2.60. The van der Waals surface area contributed by atoms with Gasteiger partial charge in [0.05, 0.1) is 23.5 Å². The molecule has 1 N–H and O–H groups in total. The predicted molar refractivity (Wildman–Crippen MR) is 106 cm³/mol. The number of nitrogens with one attached hydrogen (secondary N) is 1. The van der Waals surface area contributed by atoms with Gasteiger partial charge in [-0.05, 0) is 24.3 Å². The number of fused-ring (bicyclic) bond motifs is 1. The van der Waals surface area contributed by atoms with Crippen LogP contribution in [0.4, 0.5) is 11.6 Å². The molecule has 4 aromatic rings. The van der Waals surface area contributed by atoms with Gasteiger partial charge in [0.1, 0.15) is 12.1 Å². The highest BCUT2D eigenvalue weighted by Gasteiger charge is 2.10. The Kier molecular flexibility index (Phi) is 4.44. The van der Waals surface area contributed by atoms with Crippen LogP contribution in [-0.2, 0) is 0 Å². The minimum atomic E-state index is 0.594. The number of aromatic nitrogens is 5. The number of pyridine rings is 1. The van der Waals surface area contributed by atoms with E-state index in [4.69, 9.17) is 0 Å². The number of anilines is 2. The summed E-state index contributed by atoms with van der Waals surface area (Å²) in [5.41, 5.74) is 5.50. The second kappa shape index (κ2) is 7.20. The van der Waals surface area contributed by atoms with E-state index >= 15 is 0 Å². The van der Waals surface area contributed by atoms with Crippen molar-refractivity contribution in [3.63, 3.8) is 0 Å². The van der Waals surface area contributed by atoms with Crippen LogP contribution >= 0.6 is 0 Å². The van der Waals surface area contributed by atoms with Crippen LogP contribution in [0.1, 0.15) is 5.56 Å². The molecule has 0 aliphatic rings. The maximum absolute atomic E-state index is 4.43. The number of benzene rings is 1. The van der Waals surface area contributed by atoms with Crippen molar-refractivity contribution in [3.8, 4) is 5.69 Å². The van der Waals surface area contributed by atoms with Gasteiger partial charge in [-0.25, -0.2) is 19.6 Å². The molecule has 0 aliphatic carbocycles. The number of rotatable bonds is 5. The van der Waals surface area contributed by atoms with Crippen molar-refractivity contribution in [2.24, 2.45) is 5.10 Å². The molecule has 0 saturated heterocycles. The molecule has 8 heteroatoms. The van der Waals surface area contributed by atoms with Gasteiger partial charge in [0.15, 0.2) is 11.5 Å². The predicted octanol–water partition coefficient (Wildman–Crippen LogP) is 2.72. The van der Waals surface area contributed by atoms with Gasteiger partial charge >= 0.3 is 0 Å². The highest BCUT2D eigenvalue weighted by atomic mass is 15.3. The Morgan fingerprint density at radius 2 is 1.85 bits per heavy atom. The summed E-state index contributed by atoms with van der Waals surface area (Å²) >= 11 is 0. The number of hydrazone groups is 1. The molecule has 0 saturated carbocycles. The standard InChI is InChI=1S/C19H18N8/c1-26(2)17-9-8-14(10-20-17)11-23-25-18-16-12-24-27(19(16)22-13-21-18)15-6-4-3-5-7-15/h3-13H,1-2H3,(H,21,22,25)/b23-11+. The molecule has 0 atom stereocenters. The highest BCUT2D eigenvalue weighted by molar-refractivity contribution is 5.88. The molecule has 0 amide bonds. The summed E-state index contributed by atoms with van der Waals surface area (Å²) in [7, 11) is 3.90. The Labute approximate surface area is 156 Å². The average molecular weight is 358 g/mol. The van der Waals surface area contributed by atoms with E-state index in [0.717, 1.165) is 22.5 Å². The molecule has 134 valence electrons. The lowest BCUT2D eigenvalue weighted by molar-refractivity contribution is 0.895. The number of nitrogens with zero attached hydrogens (tertiary/aromatic N) is 7. The first-order valence-electron chi connectivity index (χ1n) is 8.39. The first-order valence-corrected chi connectivity index (χ1v) is 8.39. The Morgan fingerprint density at radius 3 is 2.59 bits per heavy atom. The van der Waals surface area contributed by atoms with Crippen LogP contribution in [-0.4, -0.2) is 45.0 Å². The molecule has 0 fully saturated rings. The maximum atomic E-state index is 4.43. The fourth-order valence-corrected chi connectivity index (χ4v) is 2.60. The van der Waals surface area contributed by atoms with Crippen LogP contribution in [0.5, 0.6) is 0 Å². The summed E-state index contributed by atoms with van der Waals surface area (Å²) in [6.07, 6.45) is 6.69. The van der Waals surface area contributed by atoms with E-state index in [1.807, 2.05) is 61.5 Å². The monoisotopic (exact) mass is 358 g/mol. The lowest BCUT2D eigenvalue weighted by Crippen LogP contribution is -2.10. The van der Waals surface area contributed by atoms with Gasteiger partial charge in [0.25, 0.3) is 0 Å². The summed E-state index contributed by atoms with van der Waals surface area (Å²) in [6, 6.07) is 13.7. The van der Waals surface area contributed by atoms with Crippen molar-refractivity contribution in [1.29, 1.82) is 0 Å². The van der Waals surface area contributed by atoms with Crippen LogP contribution in [0.25, 0.3) is 16.7 Å². The zero-order chi connectivity index (χ0) is 18.6. The second-order valence-electron chi connectivity index (χ2n) is 6.07. The molecule has 3 heterocycles. The van der Waals surface area contributed by atoms with E-state index in [0.29, 0.717) is 11.5 Å². The van der Waals surface area contributed by atoms with Crippen molar-refractivity contribution in [2.45, 2.75) is 0 Å². The highest BCUT2D eigenvalue weighted by Crippen LogP contribution is 2.21. The van der Waals surface area contributed by atoms with E-state index in [1.165, 1.54) is 6.33 Å². The molecule has 0 aliphatic heterocycles. The normalized spacial score (nSPS) is 11.2. The molecule has 0 bridgehead atoms. The molecule has 1 aromatic carbocycles. The molecule has 0 radical (unpaired) electrons. The van der Waals surface area contributed by atoms with Crippen molar-refractivity contribution < 1.29 is 0 Å². The van der Waals surface area contributed by atoms with E-state index in [-0.39, 0.29) is 0 Å². The first-order chi connectivity index (χ1) is 13.2. The van der Waals surface area contributed by atoms with Crippen LogP contribution < -0.4 is 10.3 Å². The van der Waals surface area contributed by atoms with Gasteiger partial charge in [-0.2, -0.15) is 10.2 Å². The third kappa shape index (κ3) is 3.45. The van der Waals surface area contributed by atoms with Crippen molar-refractivity contribution in [3.05, 3.63) is 66.7 Å². The average Bonchev–Trinajstić information content (AvgIpc) is 3.14. The third-order valence-electron chi connectivity index (χ3n) is 3.98. The van der Waals surface area contributed by atoms with E-state index in [1.54, 1.807) is 23.3 Å². The van der Waals surface area contributed by atoms with Crippen LogP contribution in [0.3, 0.4) is 0 Å². The minimum Gasteiger partial charge on any atom is -0.363 e. The van der Waals surface area contributed by atoms with Gasteiger partial charge in [0.2, 0.25) is 0 Å². The zero-order valence-electron chi connectivity index (χ0n) is 15.0. The topological polar surface area (TPSA) is 84.1 Å². The SMILES string of the molecule is CN(C)c1ccc(/C=N/Nc2ncnc3c2cnn3-c2ccccc2)cn1. The largest absolute Gasteiger partial charge is 0.363 e. The fraction of sp³-hybridized carbons (Fsp3) is 0.105. The number of para-hydroxylation sites is 1. The second-order valence-corrected chi connectivity index (χ2v) is 6.07. The van der Waals surface area contributed by atoms with Gasteiger partial charge in [-0.3, -0.25) is 5.43 Å². The zero-order valence-corrected chi connectivity index (χ0v) is 15.0. The lowest BCUT2D eigenvalue weighted by Gasteiger charge is -2.10. The molecule has 0 unspecified atom stereocenters. The minimum absolute atomic E-state index is 0.594. The van der Waals surface area contributed by atoms with Gasteiger partial charge in [-0.15, -0.1) is 0 Å². The Bertz CT molecular complexity index is 1070. The van der Waals surface area contributed by atoms with Crippen LogP contribution in [0.15, 0.2) is 66.3 Å². The van der Waals surface area contributed by atoms with Crippen molar-refractivity contribution in [1.82, 2.24) is 24.7 Å². The third-order valence-corrected chi connectivity index (χ3v) is 3.98. The van der Waals surface area contributed by atoms with Gasteiger partial charge < -0.3 is 4.90 Å². The molecular formula is C19H18N8. The molecule has 8 nitrogen and oxygen atoms in total.